The van der Waals surface area contributed by atoms with Crippen LogP contribution >= 0.6 is 0 Å². The second-order valence-corrected chi connectivity index (χ2v) is 15.8. The van der Waals surface area contributed by atoms with Crippen LogP contribution in [0.25, 0.3) is 0 Å². The van der Waals surface area contributed by atoms with Crippen molar-refractivity contribution in [1.29, 1.82) is 0 Å². The molecule has 0 spiro atoms. The molecular formula is C38H50O6. The zero-order valence-electron chi connectivity index (χ0n) is 28.6. The highest BCUT2D eigenvalue weighted by Crippen LogP contribution is 2.41. The van der Waals surface area contributed by atoms with Gasteiger partial charge in [-0.15, -0.1) is 0 Å². The molecule has 0 saturated carbocycles. The number of rotatable bonds is 6. The van der Waals surface area contributed by atoms with Gasteiger partial charge in [-0.2, -0.15) is 0 Å². The van der Waals surface area contributed by atoms with E-state index >= 15 is 0 Å². The smallest absolute Gasteiger partial charge is 0.338 e. The largest absolute Gasteiger partial charge is 0.507 e. The first-order valence-electron chi connectivity index (χ1n) is 15.2. The Balaban J connectivity index is 1.72. The van der Waals surface area contributed by atoms with Crippen molar-refractivity contribution in [2.75, 3.05) is 0 Å². The molecule has 0 bridgehead atoms. The van der Waals surface area contributed by atoms with Crippen molar-refractivity contribution < 1.29 is 29.3 Å². The lowest BCUT2D eigenvalue weighted by Gasteiger charge is -2.28. The summed E-state index contributed by atoms with van der Waals surface area (Å²) in [5, 5.41) is 21.9. The van der Waals surface area contributed by atoms with Crippen LogP contribution in [-0.2, 0) is 44.3 Å². The molecule has 0 aliphatic carbocycles. The summed E-state index contributed by atoms with van der Waals surface area (Å²) in [5.74, 6) is -0.475. The minimum Gasteiger partial charge on any atom is -0.507 e. The topological polar surface area (TPSA) is 93.1 Å². The standard InChI is InChI=1S/C38H50O6/c1-35(2,3)27-17-23(18-28(31(27)39)36(4,5)6)21-43-33(41)25-13-15-26(16-14-25)34(42)44-22-24-19-29(37(7,8)9)32(40)30(20-24)38(10,11)12/h13-20,39-40H,21-22H2,1-12H3. The third kappa shape index (κ3) is 8.22. The molecule has 3 rings (SSSR count). The molecule has 0 amide bonds. The number of carbonyl (C=O) groups is 2. The molecule has 0 aromatic heterocycles. The predicted octanol–water partition coefficient (Wildman–Crippen LogP) is 9.00. The first kappa shape index (κ1) is 34.7. The summed E-state index contributed by atoms with van der Waals surface area (Å²) in [4.78, 5) is 25.8. The molecule has 0 heterocycles. The zero-order chi connectivity index (χ0) is 33.4. The van der Waals surface area contributed by atoms with Gasteiger partial charge >= 0.3 is 11.9 Å². The Kier molecular flexibility index (Phi) is 9.70. The molecule has 6 heteroatoms. The second kappa shape index (κ2) is 12.3. The average molecular weight is 603 g/mol. The summed E-state index contributed by atoms with van der Waals surface area (Å²) in [6, 6.07) is 13.7. The number of hydrogen-bond acceptors (Lipinski definition) is 6. The second-order valence-electron chi connectivity index (χ2n) is 15.8. The molecule has 238 valence electrons. The van der Waals surface area contributed by atoms with Gasteiger partial charge in [-0.1, -0.05) is 83.1 Å². The van der Waals surface area contributed by atoms with Crippen LogP contribution in [0.4, 0.5) is 0 Å². The lowest BCUT2D eigenvalue weighted by Crippen LogP contribution is -2.18. The highest BCUT2D eigenvalue weighted by atomic mass is 16.5. The Labute approximate surface area is 263 Å². The molecule has 2 N–H and O–H groups in total. The molecule has 3 aromatic carbocycles. The van der Waals surface area contributed by atoms with Crippen LogP contribution in [-0.4, -0.2) is 22.2 Å². The van der Waals surface area contributed by atoms with Gasteiger partial charge in [0.05, 0.1) is 11.1 Å². The van der Waals surface area contributed by atoms with Gasteiger partial charge in [-0.05, 0) is 104 Å². The van der Waals surface area contributed by atoms with Crippen LogP contribution in [0.5, 0.6) is 11.5 Å². The third-order valence-electron chi connectivity index (χ3n) is 7.67. The van der Waals surface area contributed by atoms with Crippen LogP contribution in [0.2, 0.25) is 0 Å². The minimum atomic E-state index is -0.513. The van der Waals surface area contributed by atoms with Crippen LogP contribution in [0.15, 0.2) is 48.5 Å². The Hall–Kier alpha value is -3.80. The Bertz CT molecular complexity index is 1330. The molecule has 6 nitrogen and oxygen atoms in total. The number of benzene rings is 3. The number of phenolic OH excluding ortho intramolecular Hbond substituents is 2. The van der Waals surface area contributed by atoms with Crippen molar-refractivity contribution in [2.24, 2.45) is 0 Å². The lowest BCUT2D eigenvalue weighted by atomic mass is 9.78. The highest BCUT2D eigenvalue weighted by molar-refractivity contribution is 5.93. The Morgan fingerprint density at radius 2 is 0.727 bits per heavy atom. The van der Waals surface area contributed by atoms with E-state index in [1.807, 2.05) is 107 Å². The van der Waals surface area contributed by atoms with Gasteiger partial charge in [-0.25, -0.2) is 9.59 Å². The molecule has 0 saturated heterocycles. The average Bonchev–Trinajstić information content (AvgIpc) is 2.88. The number of esters is 2. The number of ether oxygens (including phenoxy) is 2. The van der Waals surface area contributed by atoms with E-state index in [1.54, 1.807) is 24.3 Å². The first-order valence-corrected chi connectivity index (χ1v) is 15.2. The van der Waals surface area contributed by atoms with Crippen LogP contribution in [0.3, 0.4) is 0 Å². The van der Waals surface area contributed by atoms with Crippen molar-refractivity contribution in [3.05, 3.63) is 93.0 Å². The predicted molar refractivity (Wildman–Crippen MR) is 176 cm³/mol. The van der Waals surface area contributed by atoms with E-state index in [9.17, 15) is 19.8 Å². The lowest BCUT2D eigenvalue weighted by molar-refractivity contribution is 0.0458. The number of aromatic hydroxyl groups is 2. The van der Waals surface area contributed by atoms with Crippen LogP contribution < -0.4 is 0 Å². The van der Waals surface area contributed by atoms with E-state index in [0.29, 0.717) is 11.1 Å². The molecule has 0 atom stereocenters. The maximum absolute atomic E-state index is 12.9. The third-order valence-corrected chi connectivity index (χ3v) is 7.67. The summed E-state index contributed by atoms with van der Waals surface area (Å²) in [5.41, 5.74) is 4.26. The van der Waals surface area contributed by atoms with Crippen molar-refractivity contribution >= 4 is 11.9 Å². The van der Waals surface area contributed by atoms with Gasteiger partial charge in [0.1, 0.15) is 24.7 Å². The molecule has 0 aliphatic heterocycles. The first-order chi connectivity index (χ1) is 20.0. The molecule has 0 aliphatic rings. The fourth-order valence-corrected chi connectivity index (χ4v) is 5.05. The van der Waals surface area contributed by atoms with Crippen molar-refractivity contribution in [2.45, 2.75) is 118 Å². The summed E-state index contributed by atoms with van der Waals surface area (Å²) in [7, 11) is 0. The maximum Gasteiger partial charge on any atom is 0.338 e. The summed E-state index contributed by atoms with van der Waals surface area (Å²) < 4.78 is 11.2. The summed E-state index contributed by atoms with van der Waals surface area (Å²) in [6.45, 7) is 24.5. The van der Waals surface area contributed by atoms with E-state index in [0.717, 1.165) is 33.4 Å². The zero-order valence-corrected chi connectivity index (χ0v) is 28.6. The van der Waals surface area contributed by atoms with Crippen LogP contribution in [0.1, 0.15) is 137 Å². The summed E-state index contributed by atoms with van der Waals surface area (Å²) in [6.07, 6.45) is 0. The number of carbonyl (C=O) groups excluding carboxylic acids is 2. The monoisotopic (exact) mass is 602 g/mol. The number of hydrogen-bond donors (Lipinski definition) is 2. The molecule has 0 fully saturated rings. The van der Waals surface area contributed by atoms with Crippen molar-refractivity contribution in [3.63, 3.8) is 0 Å². The Morgan fingerprint density at radius 1 is 0.500 bits per heavy atom. The minimum absolute atomic E-state index is 0.0504. The molecule has 44 heavy (non-hydrogen) atoms. The SMILES string of the molecule is CC(C)(C)c1cc(COC(=O)c2ccc(C(=O)OCc3cc(C(C)(C)C)c(O)c(C(C)(C)C)c3)cc2)cc(C(C)(C)C)c1O. The Morgan fingerprint density at radius 3 is 0.932 bits per heavy atom. The van der Waals surface area contributed by atoms with Gasteiger partial charge in [0.15, 0.2) is 0 Å². The molecule has 3 aromatic rings. The van der Waals surface area contributed by atoms with E-state index < -0.39 is 11.9 Å². The van der Waals surface area contributed by atoms with E-state index in [1.165, 1.54) is 0 Å². The molecule has 0 unspecified atom stereocenters. The summed E-state index contributed by atoms with van der Waals surface area (Å²) >= 11 is 0. The fraction of sp³-hybridized carbons (Fsp3) is 0.474. The van der Waals surface area contributed by atoms with Gasteiger partial charge in [0.25, 0.3) is 0 Å². The van der Waals surface area contributed by atoms with E-state index in [2.05, 4.69) is 0 Å². The normalized spacial score (nSPS) is 12.6. The highest BCUT2D eigenvalue weighted by Gasteiger charge is 2.28. The maximum atomic E-state index is 12.9. The van der Waals surface area contributed by atoms with Gasteiger partial charge in [0, 0.05) is 0 Å². The van der Waals surface area contributed by atoms with Crippen molar-refractivity contribution in [1.82, 2.24) is 0 Å². The van der Waals surface area contributed by atoms with Crippen molar-refractivity contribution in [3.8, 4) is 11.5 Å². The molecular weight excluding hydrogens is 552 g/mol. The van der Waals surface area contributed by atoms with Gasteiger partial charge < -0.3 is 19.7 Å². The van der Waals surface area contributed by atoms with Gasteiger partial charge in [-0.3, -0.25) is 0 Å². The van der Waals surface area contributed by atoms with E-state index in [4.69, 9.17) is 9.47 Å². The quantitative estimate of drug-likeness (QED) is 0.274. The molecule has 0 radical (unpaired) electrons. The van der Waals surface area contributed by atoms with Gasteiger partial charge in [0.2, 0.25) is 0 Å². The van der Waals surface area contributed by atoms with Crippen LogP contribution in [0, 0.1) is 0 Å². The van der Waals surface area contributed by atoms with E-state index in [-0.39, 0.29) is 46.4 Å². The number of phenols is 2. The fourth-order valence-electron chi connectivity index (χ4n) is 5.05.